The van der Waals surface area contributed by atoms with Crippen molar-refractivity contribution in [2.45, 2.75) is 40.0 Å². The highest BCUT2D eigenvalue weighted by Crippen LogP contribution is 2.63. The Bertz CT molecular complexity index is 521. The molecule has 3 nitrogen and oxygen atoms in total. The van der Waals surface area contributed by atoms with Gasteiger partial charge in [-0.1, -0.05) is 39.0 Å². The number of fused-ring (bicyclic) bond motifs is 2. The first kappa shape index (κ1) is 14.8. The van der Waals surface area contributed by atoms with Crippen LogP contribution >= 0.6 is 0 Å². The van der Waals surface area contributed by atoms with Crippen molar-refractivity contribution in [2.75, 3.05) is 0 Å². The molecule has 0 spiro atoms. The number of amides is 1. The summed E-state index contributed by atoms with van der Waals surface area (Å²) in [6.07, 6.45) is 3.25. The number of nitrogens with two attached hydrogens (primary N) is 1. The van der Waals surface area contributed by atoms with Gasteiger partial charge >= 0.3 is 0 Å². The number of carbonyl (C=O) groups is 2. The summed E-state index contributed by atoms with van der Waals surface area (Å²) in [4.78, 5) is 22.0. The number of hydrogen-bond acceptors (Lipinski definition) is 2. The fraction of sp³-hybridized carbons (Fsp3) is 0.529. The molecule has 20 heavy (non-hydrogen) atoms. The third-order valence-electron chi connectivity index (χ3n) is 5.54. The van der Waals surface area contributed by atoms with Crippen LogP contribution in [0.25, 0.3) is 0 Å². The van der Waals surface area contributed by atoms with Crippen LogP contribution in [0.3, 0.4) is 0 Å². The minimum atomic E-state index is -0.379. The van der Waals surface area contributed by atoms with Crippen LogP contribution in [0, 0.1) is 16.7 Å². The molecule has 2 aliphatic rings. The second kappa shape index (κ2) is 5.04. The maximum Gasteiger partial charge on any atom is 0.248 e. The Morgan fingerprint density at radius 3 is 2.05 bits per heavy atom. The number of benzene rings is 1. The Labute approximate surface area is 120 Å². The highest BCUT2D eigenvalue weighted by atomic mass is 16.1. The molecule has 1 aromatic carbocycles. The fourth-order valence-electron chi connectivity index (χ4n) is 3.50. The maximum atomic E-state index is 11.6. The van der Waals surface area contributed by atoms with Gasteiger partial charge in [0.1, 0.15) is 5.78 Å². The molecule has 2 aliphatic carbocycles. The topological polar surface area (TPSA) is 60.2 Å². The van der Waals surface area contributed by atoms with E-state index in [0.29, 0.717) is 17.3 Å². The molecule has 2 fully saturated rings. The zero-order valence-electron chi connectivity index (χ0n) is 12.5. The van der Waals surface area contributed by atoms with Gasteiger partial charge in [0.05, 0.1) is 0 Å². The summed E-state index contributed by atoms with van der Waals surface area (Å²) < 4.78 is 0. The van der Waals surface area contributed by atoms with E-state index < -0.39 is 0 Å². The summed E-state index contributed by atoms with van der Waals surface area (Å²) >= 11 is 0. The van der Waals surface area contributed by atoms with E-state index >= 15 is 0 Å². The second-order valence-electron chi connectivity index (χ2n) is 6.65. The molecule has 0 radical (unpaired) electrons. The average Bonchev–Trinajstić information content (AvgIpc) is 2.73. The van der Waals surface area contributed by atoms with Crippen LogP contribution < -0.4 is 5.73 Å². The van der Waals surface area contributed by atoms with Crippen LogP contribution in [0.1, 0.15) is 50.4 Å². The summed E-state index contributed by atoms with van der Waals surface area (Å²) in [7, 11) is 0. The summed E-state index contributed by atoms with van der Waals surface area (Å²) in [5.74, 6) is 0.814. The van der Waals surface area contributed by atoms with E-state index in [2.05, 4.69) is 20.8 Å². The van der Waals surface area contributed by atoms with Gasteiger partial charge in [0.2, 0.25) is 5.91 Å². The standard InChI is InChI=1S/C10H16O.C7H7NO/c1-9(2)7-4-5-10(9,3)8(11)6-7;8-7(9)6-4-2-1-3-5-6/h7H,4-6H2,1-3H3;1-5H,(H2,8,9). The van der Waals surface area contributed by atoms with Crippen molar-refractivity contribution >= 4 is 11.7 Å². The molecule has 3 heteroatoms. The average molecular weight is 273 g/mol. The van der Waals surface area contributed by atoms with E-state index in [9.17, 15) is 9.59 Å². The first-order valence-corrected chi connectivity index (χ1v) is 7.17. The van der Waals surface area contributed by atoms with E-state index in [1.807, 2.05) is 6.07 Å². The van der Waals surface area contributed by atoms with Crippen molar-refractivity contribution < 1.29 is 9.59 Å². The lowest BCUT2D eigenvalue weighted by molar-refractivity contribution is -0.128. The van der Waals surface area contributed by atoms with E-state index in [1.165, 1.54) is 6.42 Å². The molecule has 2 unspecified atom stereocenters. The first-order valence-electron chi connectivity index (χ1n) is 7.17. The van der Waals surface area contributed by atoms with Crippen molar-refractivity contribution in [2.24, 2.45) is 22.5 Å². The van der Waals surface area contributed by atoms with Crippen LogP contribution in [0.15, 0.2) is 30.3 Å². The molecule has 0 aromatic heterocycles. The summed E-state index contributed by atoms with van der Waals surface area (Å²) in [5.41, 5.74) is 5.84. The van der Waals surface area contributed by atoms with Gasteiger partial charge in [-0.2, -0.15) is 0 Å². The van der Waals surface area contributed by atoms with Crippen LogP contribution in [0.5, 0.6) is 0 Å². The normalized spacial score (nSPS) is 29.8. The Hall–Kier alpha value is -1.64. The molecule has 1 aromatic rings. The zero-order valence-corrected chi connectivity index (χ0v) is 12.5. The lowest BCUT2D eigenvalue weighted by Crippen LogP contribution is -2.32. The zero-order chi connectivity index (χ0) is 15.0. The minimum absolute atomic E-state index is 0.0255. The Morgan fingerprint density at radius 1 is 1.20 bits per heavy atom. The summed E-state index contributed by atoms with van der Waals surface area (Å²) in [6, 6.07) is 8.76. The van der Waals surface area contributed by atoms with Gasteiger partial charge in [-0.15, -0.1) is 0 Å². The largest absolute Gasteiger partial charge is 0.366 e. The quantitative estimate of drug-likeness (QED) is 0.854. The van der Waals surface area contributed by atoms with Crippen molar-refractivity contribution in [1.29, 1.82) is 0 Å². The van der Waals surface area contributed by atoms with Crippen LogP contribution in [-0.4, -0.2) is 11.7 Å². The molecular formula is C17H23NO2. The molecule has 2 saturated carbocycles. The highest BCUT2D eigenvalue weighted by molar-refractivity contribution is 5.92. The van der Waals surface area contributed by atoms with E-state index in [-0.39, 0.29) is 16.7 Å². The molecule has 1 amide bonds. The van der Waals surface area contributed by atoms with Crippen LogP contribution in [0.4, 0.5) is 0 Å². The molecule has 0 saturated heterocycles. The monoisotopic (exact) mass is 273 g/mol. The highest BCUT2D eigenvalue weighted by Gasteiger charge is 2.61. The van der Waals surface area contributed by atoms with Gasteiger partial charge in [-0.05, 0) is 36.3 Å². The van der Waals surface area contributed by atoms with E-state index in [1.54, 1.807) is 24.3 Å². The third kappa shape index (κ3) is 2.26. The lowest BCUT2D eigenvalue weighted by atomic mass is 9.70. The molecule has 0 heterocycles. The fourth-order valence-corrected chi connectivity index (χ4v) is 3.50. The minimum Gasteiger partial charge on any atom is -0.366 e. The van der Waals surface area contributed by atoms with Crippen molar-refractivity contribution in [1.82, 2.24) is 0 Å². The number of ketones is 1. The smallest absolute Gasteiger partial charge is 0.248 e. The van der Waals surface area contributed by atoms with E-state index in [0.717, 1.165) is 12.8 Å². The first-order chi connectivity index (χ1) is 9.29. The Morgan fingerprint density at radius 2 is 1.80 bits per heavy atom. The molecule has 0 aliphatic heterocycles. The third-order valence-corrected chi connectivity index (χ3v) is 5.54. The van der Waals surface area contributed by atoms with Gasteiger partial charge in [-0.3, -0.25) is 9.59 Å². The Kier molecular flexibility index (Phi) is 3.72. The SMILES string of the molecule is CC12CCC(CC1=O)C2(C)C.NC(=O)c1ccccc1. The number of carbonyl (C=O) groups excluding carboxylic acids is 2. The van der Waals surface area contributed by atoms with Crippen molar-refractivity contribution in [3.63, 3.8) is 0 Å². The molecule has 108 valence electrons. The molecule has 3 rings (SSSR count). The van der Waals surface area contributed by atoms with Crippen molar-refractivity contribution in [3.8, 4) is 0 Å². The molecule has 2 atom stereocenters. The lowest BCUT2D eigenvalue weighted by Gasteiger charge is -2.32. The van der Waals surface area contributed by atoms with Gasteiger partial charge in [0, 0.05) is 17.4 Å². The van der Waals surface area contributed by atoms with Crippen molar-refractivity contribution in [3.05, 3.63) is 35.9 Å². The van der Waals surface area contributed by atoms with Crippen LogP contribution in [-0.2, 0) is 4.79 Å². The van der Waals surface area contributed by atoms with Crippen LogP contribution in [0.2, 0.25) is 0 Å². The number of hydrogen-bond donors (Lipinski definition) is 1. The van der Waals surface area contributed by atoms with Gasteiger partial charge in [0.15, 0.2) is 0 Å². The Balaban J connectivity index is 0.000000151. The molecule has 2 N–H and O–H groups in total. The predicted octanol–water partition coefficient (Wildman–Crippen LogP) is 3.19. The van der Waals surface area contributed by atoms with Gasteiger partial charge in [-0.25, -0.2) is 0 Å². The second-order valence-corrected chi connectivity index (χ2v) is 6.65. The van der Waals surface area contributed by atoms with Gasteiger partial charge in [0.25, 0.3) is 0 Å². The number of primary amides is 1. The number of Topliss-reactive ketones (excluding diaryl/α,β-unsaturated/α-hetero) is 1. The number of rotatable bonds is 1. The molecule has 2 bridgehead atoms. The van der Waals surface area contributed by atoms with E-state index in [4.69, 9.17) is 5.73 Å². The predicted molar refractivity (Wildman–Crippen MR) is 79.2 cm³/mol. The summed E-state index contributed by atoms with van der Waals surface area (Å²) in [5, 5.41) is 0. The summed E-state index contributed by atoms with van der Waals surface area (Å²) in [6.45, 7) is 6.67. The van der Waals surface area contributed by atoms with Gasteiger partial charge < -0.3 is 5.73 Å². The maximum absolute atomic E-state index is 11.6. The molecular weight excluding hydrogens is 250 g/mol.